The first kappa shape index (κ1) is 14.7. The zero-order valence-corrected chi connectivity index (χ0v) is 12.7. The lowest BCUT2D eigenvalue weighted by atomic mass is 9.87. The number of nitriles is 1. The summed E-state index contributed by atoms with van der Waals surface area (Å²) in [6.45, 7) is 6.25. The molecule has 0 aromatic carbocycles. The molecule has 1 fully saturated rings. The van der Waals surface area contributed by atoms with Crippen molar-refractivity contribution in [3.8, 4) is 6.07 Å². The second-order valence-corrected chi connectivity index (χ2v) is 6.57. The number of carbonyl (C=O) groups is 1. The van der Waals surface area contributed by atoms with Crippen molar-refractivity contribution in [3.05, 3.63) is 10.4 Å². The Morgan fingerprint density at radius 1 is 1.45 bits per heavy atom. The van der Waals surface area contributed by atoms with Crippen LogP contribution in [0.5, 0.6) is 0 Å². The number of primary amides is 1. The molecule has 1 aliphatic heterocycles. The molecule has 0 bridgehead atoms. The van der Waals surface area contributed by atoms with E-state index in [0.717, 1.165) is 36.9 Å². The molecule has 0 radical (unpaired) electrons. The Balaban J connectivity index is 2.26. The molecule has 0 atom stereocenters. The fourth-order valence-corrected chi connectivity index (χ4v) is 3.82. The largest absolute Gasteiger partial charge is 0.396 e. The molecule has 5 nitrogen and oxygen atoms in total. The topological polar surface area (TPSA) is 96.1 Å². The average Bonchev–Trinajstić information content (AvgIpc) is 2.75. The lowest BCUT2D eigenvalue weighted by molar-refractivity contribution is 0.100. The van der Waals surface area contributed by atoms with Gasteiger partial charge >= 0.3 is 0 Å². The molecule has 0 saturated carbocycles. The van der Waals surface area contributed by atoms with E-state index in [1.54, 1.807) is 0 Å². The van der Waals surface area contributed by atoms with E-state index in [0.29, 0.717) is 16.4 Å². The van der Waals surface area contributed by atoms with Gasteiger partial charge in [-0.3, -0.25) is 4.79 Å². The minimum absolute atomic E-state index is 0.228. The Morgan fingerprint density at radius 3 is 2.50 bits per heavy atom. The molecule has 1 aliphatic rings. The molecule has 108 valence electrons. The van der Waals surface area contributed by atoms with Crippen LogP contribution in [-0.4, -0.2) is 19.0 Å². The molecular weight excluding hydrogens is 272 g/mol. The molecular formula is C14H20N4OS. The van der Waals surface area contributed by atoms with E-state index in [9.17, 15) is 4.79 Å². The number of nitrogen functional groups attached to an aromatic ring is 1. The Morgan fingerprint density at radius 2 is 2.05 bits per heavy atom. The van der Waals surface area contributed by atoms with E-state index in [4.69, 9.17) is 16.7 Å². The molecule has 0 aliphatic carbocycles. The summed E-state index contributed by atoms with van der Waals surface area (Å²) in [5, 5.41) is 9.82. The predicted molar refractivity (Wildman–Crippen MR) is 81.7 cm³/mol. The number of carbonyl (C=O) groups excluding carboxylic acids is 1. The van der Waals surface area contributed by atoms with Crippen molar-refractivity contribution in [2.45, 2.75) is 26.7 Å². The van der Waals surface area contributed by atoms with Crippen molar-refractivity contribution in [3.63, 3.8) is 0 Å². The van der Waals surface area contributed by atoms with Crippen LogP contribution in [0.2, 0.25) is 0 Å². The van der Waals surface area contributed by atoms with Crippen molar-refractivity contribution in [2.75, 3.05) is 23.7 Å². The minimum Gasteiger partial charge on any atom is -0.396 e. The first-order valence-electron chi connectivity index (χ1n) is 6.82. The van der Waals surface area contributed by atoms with Crippen molar-refractivity contribution in [2.24, 2.45) is 17.6 Å². The van der Waals surface area contributed by atoms with Crippen molar-refractivity contribution in [1.82, 2.24) is 0 Å². The zero-order valence-electron chi connectivity index (χ0n) is 11.8. The first-order valence-corrected chi connectivity index (χ1v) is 7.64. The van der Waals surface area contributed by atoms with E-state index in [-0.39, 0.29) is 5.69 Å². The van der Waals surface area contributed by atoms with Gasteiger partial charge in [0.25, 0.3) is 5.91 Å². The normalized spacial score (nSPS) is 16.4. The van der Waals surface area contributed by atoms with E-state index in [1.165, 1.54) is 11.3 Å². The molecule has 4 N–H and O–H groups in total. The highest BCUT2D eigenvalue weighted by Crippen LogP contribution is 2.39. The quantitative estimate of drug-likeness (QED) is 0.892. The van der Waals surface area contributed by atoms with Crippen LogP contribution in [0.1, 0.15) is 41.9 Å². The van der Waals surface area contributed by atoms with Gasteiger partial charge in [-0.05, 0) is 24.7 Å². The Kier molecular flexibility index (Phi) is 4.19. The number of piperidine rings is 1. The number of thiophene rings is 1. The molecule has 2 heterocycles. The highest BCUT2D eigenvalue weighted by molar-refractivity contribution is 7.17. The van der Waals surface area contributed by atoms with E-state index in [1.807, 2.05) is 6.07 Å². The molecule has 1 amide bonds. The molecule has 1 saturated heterocycles. The number of rotatable bonds is 3. The average molecular weight is 292 g/mol. The van der Waals surface area contributed by atoms with Gasteiger partial charge in [0.2, 0.25) is 0 Å². The summed E-state index contributed by atoms with van der Waals surface area (Å²) in [6.07, 6.45) is 2.19. The predicted octanol–water partition coefficient (Wildman–Crippen LogP) is 2.17. The van der Waals surface area contributed by atoms with Gasteiger partial charge in [-0.2, -0.15) is 5.26 Å². The van der Waals surface area contributed by atoms with Crippen molar-refractivity contribution in [1.29, 1.82) is 5.26 Å². The molecule has 2 rings (SSSR count). The smallest absolute Gasteiger partial charge is 0.253 e. The number of hydrogen-bond acceptors (Lipinski definition) is 5. The van der Waals surface area contributed by atoms with Crippen LogP contribution in [0.25, 0.3) is 0 Å². The summed E-state index contributed by atoms with van der Waals surface area (Å²) in [5.41, 5.74) is 11.8. The fraction of sp³-hybridized carbons (Fsp3) is 0.571. The summed E-state index contributed by atoms with van der Waals surface area (Å²) < 4.78 is 0. The van der Waals surface area contributed by atoms with Crippen LogP contribution < -0.4 is 16.4 Å². The summed E-state index contributed by atoms with van der Waals surface area (Å²) >= 11 is 1.27. The van der Waals surface area contributed by atoms with Gasteiger partial charge < -0.3 is 16.4 Å². The molecule has 0 spiro atoms. The number of nitrogens with zero attached hydrogens (tertiary/aromatic N) is 2. The second kappa shape index (κ2) is 5.71. The Hall–Kier alpha value is -1.74. The van der Waals surface area contributed by atoms with E-state index < -0.39 is 5.91 Å². The molecule has 1 aromatic rings. The van der Waals surface area contributed by atoms with Gasteiger partial charge in [0.1, 0.15) is 15.9 Å². The van der Waals surface area contributed by atoms with Gasteiger partial charge in [0.15, 0.2) is 0 Å². The fourth-order valence-electron chi connectivity index (χ4n) is 2.74. The van der Waals surface area contributed by atoms with Gasteiger partial charge in [0, 0.05) is 13.1 Å². The van der Waals surface area contributed by atoms with E-state index in [2.05, 4.69) is 18.7 Å². The van der Waals surface area contributed by atoms with E-state index >= 15 is 0 Å². The number of nitrogens with two attached hydrogens (primary N) is 2. The van der Waals surface area contributed by atoms with Crippen LogP contribution >= 0.6 is 11.3 Å². The minimum atomic E-state index is -0.554. The van der Waals surface area contributed by atoms with Crippen LogP contribution in [0.15, 0.2) is 0 Å². The standard InChI is InChI=1S/C14H20N4OS/c1-8(2)9-3-5-18(6-4-9)14-11(13(17)19)12(16)10(7-15)20-14/h8-9H,3-6,16H2,1-2H3,(H2,17,19). The maximum absolute atomic E-state index is 11.6. The lowest BCUT2D eigenvalue weighted by Crippen LogP contribution is -2.35. The Bertz CT molecular complexity index is 550. The molecule has 1 aromatic heterocycles. The second-order valence-electron chi connectivity index (χ2n) is 5.57. The molecule has 0 unspecified atom stereocenters. The number of hydrogen-bond donors (Lipinski definition) is 2. The van der Waals surface area contributed by atoms with Gasteiger partial charge in [-0.1, -0.05) is 13.8 Å². The lowest BCUT2D eigenvalue weighted by Gasteiger charge is -2.34. The number of anilines is 2. The highest BCUT2D eigenvalue weighted by atomic mass is 32.1. The monoisotopic (exact) mass is 292 g/mol. The van der Waals surface area contributed by atoms with Crippen molar-refractivity contribution < 1.29 is 4.79 Å². The van der Waals surface area contributed by atoms with Crippen LogP contribution in [0, 0.1) is 23.2 Å². The summed E-state index contributed by atoms with van der Waals surface area (Å²) in [7, 11) is 0. The van der Waals surface area contributed by atoms with Crippen LogP contribution in [0.4, 0.5) is 10.7 Å². The van der Waals surface area contributed by atoms with Gasteiger partial charge in [-0.15, -0.1) is 11.3 Å². The Labute approximate surface area is 123 Å². The maximum atomic E-state index is 11.6. The van der Waals surface area contributed by atoms with Crippen LogP contribution in [-0.2, 0) is 0 Å². The van der Waals surface area contributed by atoms with Crippen molar-refractivity contribution >= 4 is 27.9 Å². The maximum Gasteiger partial charge on any atom is 0.253 e. The SMILES string of the molecule is CC(C)C1CCN(c2sc(C#N)c(N)c2C(N)=O)CC1. The first-order chi connectivity index (χ1) is 9.45. The third-order valence-corrected chi connectivity index (χ3v) is 5.22. The molecule has 20 heavy (non-hydrogen) atoms. The summed E-state index contributed by atoms with van der Waals surface area (Å²) in [5.74, 6) is 0.841. The highest BCUT2D eigenvalue weighted by Gasteiger charge is 2.28. The van der Waals surface area contributed by atoms with Gasteiger partial charge in [0.05, 0.1) is 11.3 Å². The third-order valence-electron chi connectivity index (χ3n) is 4.04. The third kappa shape index (κ3) is 2.59. The van der Waals surface area contributed by atoms with Gasteiger partial charge in [-0.25, -0.2) is 0 Å². The number of amides is 1. The summed E-state index contributed by atoms with van der Waals surface area (Å²) in [6, 6.07) is 2.04. The zero-order chi connectivity index (χ0) is 14.9. The summed E-state index contributed by atoms with van der Waals surface area (Å²) in [4.78, 5) is 14.1. The molecule has 6 heteroatoms. The van der Waals surface area contributed by atoms with Crippen LogP contribution in [0.3, 0.4) is 0 Å².